The van der Waals surface area contributed by atoms with E-state index in [9.17, 15) is 4.79 Å². The Bertz CT molecular complexity index is 1050. The molecule has 0 saturated heterocycles. The van der Waals surface area contributed by atoms with Crippen LogP contribution in [-0.2, 0) is 4.79 Å². The zero-order chi connectivity index (χ0) is 17.2. The number of amides is 1. The molecule has 0 atom stereocenters. The predicted molar refractivity (Wildman–Crippen MR) is 100.0 cm³/mol. The Morgan fingerprint density at radius 2 is 1.92 bits per heavy atom. The number of rotatable bonds is 4. The highest BCUT2D eigenvalue weighted by Crippen LogP contribution is 2.20. The Hall–Kier alpha value is -2.64. The fourth-order valence-corrected chi connectivity index (χ4v) is 3.18. The molecule has 4 rings (SSSR count). The van der Waals surface area contributed by atoms with Crippen molar-refractivity contribution < 1.29 is 4.79 Å². The molecule has 0 unspecified atom stereocenters. The highest BCUT2D eigenvalue weighted by atomic mass is 35.5. The van der Waals surface area contributed by atoms with Gasteiger partial charge in [0.15, 0.2) is 10.8 Å². The van der Waals surface area contributed by atoms with E-state index in [1.165, 1.54) is 11.8 Å². The molecule has 0 spiro atoms. The van der Waals surface area contributed by atoms with Gasteiger partial charge in [0.2, 0.25) is 5.91 Å². The van der Waals surface area contributed by atoms with Crippen molar-refractivity contribution in [2.45, 2.75) is 5.16 Å². The van der Waals surface area contributed by atoms with Crippen LogP contribution in [0.15, 0.2) is 53.7 Å². The number of benzene rings is 1. The lowest BCUT2D eigenvalue weighted by atomic mass is 10.3. The number of pyridine rings is 2. The number of thioether (sulfide) groups is 1. The van der Waals surface area contributed by atoms with Crippen molar-refractivity contribution in [3.05, 3.63) is 53.7 Å². The van der Waals surface area contributed by atoms with Gasteiger partial charge >= 0.3 is 0 Å². The van der Waals surface area contributed by atoms with Crippen molar-refractivity contribution >= 4 is 57.2 Å². The SMILES string of the molecule is O=C(CSc1nc2ccccc2[nH]1)Nc1ccc2ccc(Cl)nc2n1. The molecule has 124 valence electrons. The number of carbonyl (C=O) groups excluding carboxylic acids is 1. The summed E-state index contributed by atoms with van der Waals surface area (Å²) in [6.07, 6.45) is 0. The van der Waals surface area contributed by atoms with Gasteiger partial charge in [0, 0.05) is 5.39 Å². The van der Waals surface area contributed by atoms with E-state index in [1.807, 2.05) is 36.4 Å². The van der Waals surface area contributed by atoms with Crippen molar-refractivity contribution in [2.24, 2.45) is 0 Å². The van der Waals surface area contributed by atoms with E-state index in [1.54, 1.807) is 12.1 Å². The lowest BCUT2D eigenvalue weighted by Crippen LogP contribution is -2.15. The van der Waals surface area contributed by atoms with Gasteiger partial charge < -0.3 is 10.3 Å². The summed E-state index contributed by atoms with van der Waals surface area (Å²) < 4.78 is 0. The number of hydrogen-bond acceptors (Lipinski definition) is 5. The topological polar surface area (TPSA) is 83.6 Å². The van der Waals surface area contributed by atoms with Crippen LogP contribution in [0.2, 0.25) is 5.15 Å². The summed E-state index contributed by atoms with van der Waals surface area (Å²) >= 11 is 7.21. The Labute approximate surface area is 152 Å². The van der Waals surface area contributed by atoms with Crippen molar-refractivity contribution in [1.29, 1.82) is 0 Å². The van der Waals surface area contributed by atoms with Gasteiger partial charge in [0.1, 0.15) is 11.0 Å². The van der Waals surface area contributed by atoms with E-state index in [4.69, 9.17) is 11.6 Å². The summed E-state index contributed by atoms with van der Waals surface area (Å²) in [6, 6.07) is 14.9. The smallest absolute Gasteiger partial charge is 0.236 e. The highest BCUT2D eigenvalue weighted by Gasteiger charge is 2.09. The first kappa shape index (κ1) is 15.9. The zero-order valence-corrected chi connectivity index (χ0v) is 14.4. The minimum Gasteiger partial charge on any atom is -0.333 e. The van der Waals surface area contributed by atoms with Crippen LogP contribution < -0.4 is 5.32 Å². The molecule has 0 bridgehead atoms. The number of nitrogens with zero attached hydrogens (tertiary/aromatic N) is 3. The van der Waals surface area contributed by atoms with Gasteiger partial charge in [-0.2, -0.15) is 0 Å². The molecule has 25 heavy (non-hydrogen) atoms. The fraction of sp³-hybridized carbons (Fsp3) is 0.0588. The summed E-state index contributed by atoms with van der Waals surface area (Å²) in [4.78, 5) is 28.2. The number of imidazole rings is 1. The average molecular weight is 370 g/mol. The number of halogens is 1. The Morgan fingerprint density at radius 1 is 1.08 bits per heavy atom. The predicted octanol–water partition coefficient (Wildman–Crippen LogP) is 3.89. The average Bonchev–Trinajstić information content (AvgIpc) is 3.02. The quantitative estimate of drug-likeness (QED) is 0.421. The van der Waals surface area contributed by atoms with Crippen LogP contribution in [0.3, 0.4) is 0 Å². The third-order valence-corrected chi connectivity index (χ3v) is 4.58. The maximum Gasteiger partial charge on any atom is 0.236 e. The molecule has 0 radical (unpaired) electrons. The van der Waals surface area contributed by atoms with Crippen LogP contribution in [0.25, 0.3) is 22.1 Å². The van der Waals surface area contributed by atoms with Gasteiger partial charge in [-0.15, -0.1) is 0 Å². The molecule has 3 heterocycles. The number of nitrogens with one attached hydrogen (secondary N) is 2. The molecule has 4 aromatic rings. The third kappa shape index (κ3) is 3.57. The number of hydrogen-bond donors (Lipinski definition) is 2. The molecule has 1 amide bonds. The molecule has 0 saturated carbocycles. The Morgan fingerprint density at radius 3 is 2.80 bits per heavy atom. The standard InChI is InChI=1S/C17H12ClN5OS/c18-13-7-5-10-6-8-14(23-16(10)21-13)22-15(24)9-25-17-19-11-3-1-2-4-12(11)20-17/h1-8H,9H2,(H,19,20)(H,21,22,23,24). The van der Waals surface area contributed by atoms with Crippen LogP contribution in [0.1, 0.15) is 0 Å². The van der Waals surface area contributed by atoms with Crippen molar-refractivity contribution in [1.82, 2.24) is 19.9 Å². The molecule has 3 aromatic heterocycles. The molecular formula is C17H12ClN5OS. The van der Waals surface area contributed by atoms with Crippen LogP contribution >= 0.6 is 23.4 Å². The summed E-state index contributed by atoms with van der Waals surface area (Å²) in [5.74, 6) is 0.500. The number of para-hydroxylation sites is 2. The monoisotopic (exact) mass is 369 g/mol. The van der Waals surface area contributed by atoms with Crippen molar-refractivity contribution in [3.8, 4) is 0 Å². The first-order chi connectivity index (χ1) is 12.2. The molecule has 0 aliphatic heterocycles. The van der Waals surface area contributed by atoms with Crippen LogP contribution in [0.4, 0.5) is 5.82 Å². The zero-order valence-electron chi connectivity index (χ0n) is 12.9. The highest BCUT2D eigenvalue weighted by molar-refractivity contribution is 7.99. The number of aromatic amines is 1. The van der Waals surface area contributed by atoms with Crippen LogP contribution in [0.5, 0.6) is 0 Å². The van der Waals surface area contributed by atoms with E-state index in [2.05, 4.69) is 25.3 Å². The lowest BCUT2D eigenvalue weighted by Gasteiger charge is -2.04. The van der Waals surface area contributed by atoms with Gasteiger partial charge in [-0.3, -0.25) is 4.79 Å². The second-order valence-electron chi connectivity index (χ2n) is 5.27. The van der Waals surface area contributed by atoms with Crippen LogP contribution in [0, 0.1) is 0 Å². The largest absolute Gasteiger partial charge is 0.333 e. The van der Waals surface area contributed by atoms with E-state index >= 15 is 0 Å². The van der Waals surface area contributed by atoms with Gasteiger partial charge in [-0.1, -0.05) is 35.5 Å². The maximum absolute atomic E-state index is 12.1. The fourth-order valence-electron chi connectivity index (χ4n) is 2.36. The van der Waals surface area contributed by atoms with Gasteiger partial charge in [0.05, 0.1) is 16.8 Å². The van der Waals surface area contributed by atoms with E-state index in [0.717, 1.165) is 16.4 Å². The second kappa shape index (κ2) is 6.70. The Balaban J connectivity index is 1.43. The van der Waals surface area contributed by atoms with Crippen LogP contribution in [-0.4, -0.2) is 31.6 Å². The molecule has 1 aromatic carbocycles. The first-order valence-electron chi connectivity index (χ1n) is 7.48. The summed E-state index contributed by atoms with van der Waals surface area (Å²) in [6.45, 7) is 0. The molecule has 0 aliphatic rings. The van der Waals surface area contributed by atoms with Gasteiger partial charge in [-0.05, 0) is 36.4 Å². The van der Waals surface area contributed by atoms with E-state index in [0.29, 0.717) is 21.8 Å². The minimum atomic E-state index is -0.167. The third-order valence-electron chi connectivity index (χ3n) is 3.49. The molecule has 0 fully saturated rings. The first-order valence-corrected chi connectivity index (χ1v) is 8.84. The normalized spacial score (nSPS) is 11.1. The number of anilines is 1. The number of H-pyrrole nitrogens is 1. The number of aromatic nitrogens is 4. The van der Waals surface area contributed by atoms with Crippen molar-refractivity contribution in [3.63, 3.8) is 0 Å². The van der Waals surface area contributed by atoms with Gasteiger partial charge in [0.25, 0.3) is 0 Å². The minimum absolute atomic E-state index is 0.167. The van der Waals surface area contributed by atoms with Gasteiger partial charge in [-0.25, -0.2) is 15.0 Å². The second-order valence-corrected chi connectivity index (χ2v) is 6.62. The molecule has 6 nitrogen and oxygen atoms in total. The molecular weight excluding hydrogens is 358 g/mol. The van der Waals surface area contributed by atoms with Crippen molar-refractivity contribution in [2.75, 3.05) is 11.1 Å². The maximum atomic E-state index is 12.1. The summed E-state index contributed by atoms with van der Waals surface area (Å²) in [5.41, 5.74) is 2.32. The Kier molecular flexibility index (Phi) is 4.25. The lowest BCUT2D eigenvalue weighted by molar-refractivity contribution is -0.113. The van der Waals surface area contributed by atoms with E-state index < -0.39 is 0 Å². The number of fused-ring (bicyclic) bond motifs is 2. The number of carbonyl (C=O) groups is 1. The van der Waals surface area contributed by atoms with E-state index in [-0.39, 0.29) is 11.7 Å². The summed E-state index contributed by atoms with van der Waals surface area (Å²) in [7, 11) is 0. The molecule has 2 N–H and O–H groups in total. The summed E-state index contributed by atoms with van der Waals surface area (Å²) in [5, 5.41) is 4.69. The molecule has 0 aliphatic carbocycles. The molecule has 8 heteroatoms.